The van der Waals surface area contributed by atoms with Crippen molar-refractivity contribution in [3.8, 4) is 0 Å². The van der Waals surface area contributed by atoms with Gasteiger partial charge in [0.05, 0.1) is 0 Å². The first kappa shape index (κ1) is 16.0. The number of carboxylic acid groups (broad SMARTS) is 1. The maximum atomic E-state index is 10.5. The predicted molar refractivity (Wildman–Crippen MR) is 52.2 cm³/mol. The van der Waals surface area contributed by atoms with Crippen LogP contribution in [0.2, 0.25) is 5.02 Å². The number of hydrogen-bond acceptors (Lipinski definition) is 1. The van der Waals surface area contributed by atoms with Crippen LogP contribution < -0.4 is 0 Å². The van der Waals surface area contributed by atoms with Crippen molar-refractivity contribution in [1.29, 1.82) is 0 Å². The second-order valence-corrected chi connectivity index (χ2v) is 2.26. The van der Waals surface area contributed by atoms with Crippen LogP contribution in [0.4, 0.5) is 4.39 Å². The molecule has 0 atom stereocenters. The molecule has 2 nitrogen and oxygen atoms in total. The predicted octanol–water partition coefficient (Wildman–Crippen LogP) is 1.73. The molecule has 0 unspecified atom stereocenters. The number of benzene rings is 1. The number of rotatable bonds is 1. The summed E-state index contributed by atoms with van der Waals surface area (Å²) in [6.07, 6.45) is 0. The maximum absolute atomic E-state index is 10.5. The van der Waals surface area contributed by atoms with Crippen LogP contribution in [0, 0.1) is 0 Å². The molecule has 0 aliphatic heterocycles. The summed E-state index contributed by atoms with van der Waals surface area (Å²) < 4.78 is 10.5. The van der Waals surface area contributed by atoms with E-state index in [1.165, 1.54) is 0 Å². The van der Waals surface area contributed by atoms with E-state index in [4.69, 9.17) is 21.5 Å². The van der Waals surface area contributed by atoms with Crippen molar-refractivity contribution in [3.05, 3.63) is 35.4 Å². The molecule has 5 heteroatoms. The Labute approximate surface area is 124 Å². The Hall–Kier alpha value is 0.546. The van der Waals surface area contributed by atoms with Crippen LogP contribution in [0.5, 0.6) is 0 Å². The number of halogens is 2. The van der Waals surface area contributed by atoms with Crippen LogP contribution in [0.15, 0.2) is 30.3 Å². The van der Waals surface area contributed by atoms with Gasteiger partial charge in [-0.2, -0.15) is 0 Å². The molecular formula is C8H9ClFKO2. The molecule has 0 saturated carbocycles. The Morgan fingerprint density at radius 1 is 1.38 bits per heavy atom. The van der Waals surface area contributed by atoms with Crippen LogP contribution in [-0.4, -0.2) is 69.1 Å². The van der Waals surface area contributed by atoms with E-state index in [1.54, 1.807) is 0 Å². The molecule has 0 spiro atoms. The van der Waals surface area contributed by atoms with E-state index >= 15 is 0 Å². The van der Waals surface area contributed by atoms with E-state index in [-0.39, 0.29) is 51.4 Å². The molecule has 0 radical (unpaired) electrons. The molecule has 0 heterocycles. The van der Waals surface area contributed by atoms with Crippen LogP contribution in [0.25, 0.3) is 0 Å². The summed E-state index contributed by atoms with van der Waals surface area (Å²) in [7, 11) is 0. The Balaban J connectivity index is 0. The zero-order valence-electron chi connectivity index (χ0n) is 6.21. The van der Waals surface area contributed by atoms with E-state index in [1.807, 2.05) is 30.3 Å². The molecule has 0 saturated heterocycles. The van der Waals surface area contributed by atoms with Gasteiger partial charge in [0.25, 0.3) is 0 Å². The van der Waals surface area contributed by atoms with Crippen LogP contribution in [0.1, 0.15) is 0 Å². The van der Waals surface area contributed by atoms with Gasteiger partial charge < -0.3 is 5.11 Å². The second-order valence-electron chi connectivity index (χ2n) is 1.82. The van der Waals surface area contributed by atoms with Gasteiger partial charge in [-0.1, -0.05) is 29.8 Å². The van der Waals surface area contributed by atoms with E-state index in [2.05, 4.69) is 0 Å². The monoisotopic (exact) mass is 230 g/mol. The zero-order valence-corrected chi connectivity index (χ0v) is 6.96. The van der Waals surface area contributed by atoms with Gasteiger partial charge in [-0.25, -0.2) is 9.18 Å². The molecule has 1 aromatic carbocycles. The number of hydrogen-bond donors (Lipinski definition) is 1. The molecular weight excluding hydrogens is 222 g/mol. The Morgan fingerprint density at radius 3 is 1.92 bits per heavy atom. The van der Waals surface area contributed by atoms with Gasteiger partial charge in [0.15, 0.2) is 6.67 Å². The molecule has 68 valence electrons. The van der Waals surface area contributed by atoms with Gasteiger partial charge in [0.1, 0.15) is 0 Å². The number of alkyl halides is 1. The summed E-state index contributed by atoms with van der Waals surface area (Å²) >= 11 is 5.54. The summed E-state index contributed by atoms with van der Waals surface area (Å²) in [4.78, 5) is 8.99. The van der Waals surface area contributed by atoms with Crippen LogP contribution in [0.3, 0.4) is 0 Å². The first-order valence-corrected chi connectivity index (χ1v) is 3.53. The summed E-state index contributed by atoms with van der Waals surface area (Å²) in [6.45, 7) is -1.28. The van der Waals surface area contributed by atoms with E-state index in [0.717, 1.165) is 5.02 Å². The molecule has 0 amide bonds. The summed E-state index contributed by atoms with van der Waals surface area (Å²) in [5, 5.41) is 8.14. The third-order valence-corrected chi connectivity index (χ3v) is 1.10. The molecule has 0 aromatic heterocycles. The van der Waals surface area contributed by atoms with Crippen molar-refractivity contribution < 1.29 is 14.3 Å². The number of carboxylic acids is 1. The van der Waals surface area contributed by atoms with Gasteiger partial charge in [0, 0.05) is 5.02 Å². The first-order valence-electron chi connectivity index (χ1n) is 3.15. The van der Waals surface area contributed by atoms with Crippen molar-refractivity contribution in [1.82, 2.24) is 0 Å². The normalized spacial score (nSPS) is 7.54. The summed E-state index contributed by atoms with van der Waals surface area (Å²) in [6, 6.07) is 9.44. The minimum atomic E-state index is -1.41. The molecule has 13 heavy (non-hydrogen) atoms. The fourth-order valence-electron chi connectivity index (χ4n) is 0.415. The van der Waals surface area contributed by atoms with Crippen molar-refractivity contribution in [2.24, 2.45) is 0 Å². The topological polar surface area (TPSA) is 37.3 Å². The van der Waals surface area contributed by atoms with Crippen molar-refractivity contribution >= 4 is 69.0 Å². The summed E-state index contributed by atoms with van der Waals surface area (Å²) in [5.41, 5.74) is 0. The van der Waals surface area contributed by atoms with Gasteiger partial charge >= 0.3 is 57.4 Å². The molecule has 0 aliphatic carbocycles. The molecule has 0 bridgehead atoms. The zero-order chi connectivity index (χ0) is 9.40. The van der Waals surface area contributed by atoms with Gasteiger partial charge in [-0.3, -0.25) is 0 Å². The third kappa shape index (κ3) is 12.5. The SMILES string of the molecule is Clc1ccccc1.O=C(O)CF.[KH]. The number of carbonyl (C=O) groups is 1. The van der Waals surface area contributed by atoms with Crippen LogP contribution in [-0.2, 0) is 4.79 Å². The Kier molecular flexibility index (Phi) is 13.1. The van der Waals surface area contributed by atoms with E-state index in [0.29, 0.717) is 0 Å². The van der Waals surface area contributed by atoms with Gasteiger partial charge in [0.2, 0.25) is 0 Å². The molecule has 1 rings (SSSR count). The molecule has 1 N–H and O–H groups in total. The van der Waals surface area contributed by atoms with Gasteiger partial charge in [-0.05, 0) is 12.1 Å². The minimum absolute atomic E-state index is 0. The van der Waals surface area contributed by atoms with Gasteiger partial charge in [-0.15, -0.1) is 0 Å². The molecule has 1 aromatic rings. The van der Waals surface area contributed by atoms with E-state index < -0.39 is 12.6 Å². The standard InChI is InChI=1S/C6H5Cl.C2H3FO2.K.H/c7-6-4-2-1-3-5-6;3-1-2(4)5;;/h1-5H;1H2,(H,4,5);;. The average molecular weight is 231 g/mol. The first-order chi connectivity index (χ1) is 5.66. The Morgan fingerprint density at radius 2 is 1.77 bits per heavy atom. The van der Waals surface area contributed by atoms with Crippen molar-refractivity contribution in [2.75, 3.05) is 6.67 Å². The Bertz CT molecular complexity index is 231. The van der Waals surface area contributed by atoms with Crippen molar-refractivity contribution in [2.45, 2.75) is 0 Å². The summed E-state index contributed by atoms with van der Waals surface area (Å²) in [5.74, 6) is -1.41. The average Bonchev–Trinajstić information content (AvgIpc) is 2.07. The quantitative estimate of drug-likeness (QED) is 0.747. The fraction of sp³-hybridized carbons (Fsp3) is 0.125. The van der Waals surface area contributed by atoms with E-state index in [9.17, 15) is 4.39 Å². The molecule has 0 fully saturated rings. The molecule has 0 aliphatic rings. The van der Waals surface area contributed by atoms with Crippen molar-refractivity contribution in [3.63, 3.8) is 0 Å². The third-order valence-electron chi connectivity index (χ3n) is 0.847. The fourth-order valence-corrected chi connectivity index (χ4v) is 0.560. The second kappa shape index (κ2) is 10.6. The number of aliphatic carboxylic acids is 1. The van der Waals surface area contributed by atoms with Crippen LogP contribution >= 0.6 is 11.6 Å².